The van der Waals surface area contributed by atoms with Gasteiger partial charge >= 0.3 is 13.4 Å². The van der Waals surface area contributed by atoms with Gasteiger partial charge in [0, 0.05) is 46.8 Å². The molecule has 91 heavy (non-hydrogen) atoms. The molecule has 1 aromatic rings. The SMILES string of the molecule is Cc1c2oc3c(C)ccc(C(=O)NC4C(=O)NC(C(C)C)C(=O)N5CCCC5C(=O)N(C)CC(=O)N(C)C(C(C)C)C(=O)OC4C)c3nc-2c(C(=O)NC2C(=O)NC(C(C)C)C(=O)N3CCCC3C(=O)N(C)CC(=O)N(C)C(C(C)C)C(=O)OC2C)c(N)c1=O.[Cl-].[H+]. The molecule has 0 bridgehead atoms. The number of likely N-dealkylation sites (N-methyl/N-ethyl adjacent to an activating group) is 4. The zero-order valence-electron chi connectivity index (χ0n) is 55.5. The Labute approximate surface area is 535 Å². The van der Waals surface area contributed by atoms with Crippen molar-refractivity contribution >= 4 is 87.8 Å². The summed E-state index contributed by atoms with van der Waals surface area (Å²) >= 11 is 0. The molecule has 6 aliphatic rings. The number of halogens is 1. The lowest BCUT2D eigenvalue weighted by Crippen LogP contribution is -3.00. The summed E-state index contributed by atoms with van der Waals surface area (Å²) in [6.45, 7) is 18.4. The largest absolute Gasteiger partial charge is 1.00 e. The van der Waals surface area contributed by atoms with E-state index in [4.69, 9.17) is 24.6 Å². The molecule has 0 radical (unpaired) electrons. The summed E-state index contributed by atoms with van der Waals surface area (Å²) in [7, 11) is 5.59. The molecule has 0 aromatic heterocycles. The van der Waals surface area contributed by atoms with Crippen LogP contribution in [0.25, 0.3) is 22.6 Å². The van der Waals surface area contributed by atoms with Crippen molar-refractivity contribution in [1.82, 2.24) is 55.7 Å². The average molecular weight is 1290 g/mol. The predicted octanol–water partition coefficient (Wildman–Crippen LogP) is -2.16. The number of cyclic esters (lactones) is 2. The number of fused-ring (bicyclic) bond motifs is 4. The van der Waals surface area contributed by atoms with Gasteiger partial charge < -0.3 is 82.7 Å². The van der Waals surface area contributed by atoms with E-state index in [1.165, 1.54) is 80.7 Å². The highest BCUT2D eigenvalue weighted by atomic mass is 35.5. The summed E-state index contributed by atoms with van der Waals surface area (Å²) in [4.78, 5) is 199. The van der Waals surface area contributed by atoms with Crippen molar-refractivity contribution in [2.45, 2.75) is 169 Å². The number of anilines is 1. The Morgan fingerprint density at radius 3 is 1.45 bits per heavy atom. The van der Waals surface area contributed by atoms with Gasteiger partial charge in [-0.3, -0.25) is 52.7 Å². The number of rotatable bonds is 8. The van der Waals surface area contributed by atoms with Gasteiger partial charge in [0.2, 0.25) is 52.7 Å². The topological polar surface area (TPSA) is 360 Å². The number of carbonyl (C=O) groups is 12. The molecule has 5 heterocycles. The summed E-state index contributed by atoms with van der Waals surface area (Å²) in [5.74, 6) is -12.4. The van der Waals surface area contributed by atoms with Gasteiger partial charge in [-0.1, -0.05) is 61.5 Å². The minimum atomic E-state index is -1.88. The number of benzene rings is 2. The Balaban J connectivity index is 0.00000768. The average Bonchev–Trinajstić information content (AvgIpc) is 0.876. The van der Waals surface area contributed by atoms with Crippen molar-refractivity contribution in [2.75, 3.05) is 60.1 Å². The van der Waals surface area contributed by atoms with Gasteiger partial charge in [-0.05, 0) is 88.7 Å². The fourth-order valence-electron chi connectivity index (χ4n) is 12.3. The second kappa shape index (κ2) is 28.8. The molecule has 29 heteroatoms. The lowest BCUT2D eigenvalue weighted by Gasteiger charge is -2.36. The van der Waals surface area contributed by atoms with Crippen molar-refractivity contribution < 1.29 is 85.3 Å². The standard InChI is InChI=1S/C62H86N12O16.ClH/c1-27(2)42-59(84)73-23-17-19-36(73)57(82)69(13)25-38(75)71(15)48(29(5)6)61(86)88-33(11)44(55(80)65-42)67-53(78)35-22-21-31(9)51-46(35)64-47-40(41(63)50(77)32(10)52(47)90-51)54(79)68-45-34(12)89-62(87)49(30(7)8)72(16)39(76)26-70(14)58(83)37-20-18-24-74(37)60(85)43(28(3)4)66-56(45)81;/h21-22,27-30,33-34,36-37,42-45,48-49H,17-20,23-26,63H2,1-16H3,(H,65,80)(H,66,81)(H,67,78)(H,68,79);1H. The van der Waals surface area contributed by atoms with Crippen LogP contribution in [-0.2, 0) is 57.4 Å². The molecule has 4 fully saturated rings. The van der Waals surface area contributed by atoms with E-state index in [0.29, 0.717) is 18.4 Å². The number of carbonyl (C=O) groups excluding carboxylic acids is 12. The van der Waals surface area contributed by atoms with Gasteiger partial charge in [0.15, 0.2) is 11.3 Å². The van der Waals surface area contributed by atoms with Crippen molar-refractivity contribution in [3.63, 3.8) is 0 Å². The van der Waals surface area contributed by atoms with E-state index in [9.17, 15) is 52.7 Å². The van der Waals surface area contributed by atoms with Crippen LogP contribution < -0.4 is 44.8 Å². The highest BCUT2D eigenvalue weighted by Crippen LogP contribution is 2.35. The third-order valence-electron chi connectivity index (χ3n) is 17.5. The molecular formula is C62H87ClN12O16. The number of amides is 10. The molecule has 498 valence electrons. The summed E-state index contributed by atoms with van der Waals surface area (Å²) in [6.07, 6.45) is -1.65. The minimum Gasteiger partial charge on any atom is -1.00 e. The molecule has 5 aliphatic heterocycles. The van der Waals surface area contributed by atoms with E-state index in [1.807, 2.05) is 0 Å². The molecule has 6 N–H and O–H groups in total. The highest BCUT2D eigenvalue weighted by Gasteiger charge is 2.46. The van der Waals surface area contributed by atoms with E-state index in [1.54, 1.807) is 62.3 Å². The van der Waals surface area contributed by atoms with Crippen LogP contribution in [0.2, 0.25) is 0 Å². The Bertz CT molecular complexity index is 3430. The summed E-state index contributed by atoms with van der Waals surface area (Å²) in [6, 6.07) is -7.90. The third kappa shape index (κ3) is 14.5. The molecule has 10 unspecified atom stereocenters. The summed E-state index contributed by atoms with van der Waals surface area (Å²) < 4.78 is 18.3. The fourth-order valence-corrected chi connectivity index (χ4v) is 12.3. The third-order valence-corrected chi connectivity index (χ3v) is 17.5. The number of hydrogen-bond acceptors (Lipinski definition) is 18. The molecule has 1 aromatic carbocycles. The van der Waals surface area contributed by atoms with Gasteiger partial charge in [-0.2, -0.15) is 0 Å². The zero-order chi connectivity index (χ0) is 67.0. The molecule has 7 rings (SSSR count). The van der Waals surface area contributed by atoms with Crippen molar-refractivity contribution in [3.05, 3.63) is 44.6 Å². The van der Waals surface area contributed by atoms with Crippen LogP contribution in [0.4, 0.5) is 5.69 Å². The number of esters is 2. The lowest BCUT2D eigenvalue weighted by molar-refractivity contribution is -0.163. The summed E-state index contributed by atoms with van der Waals surface area (Å²) in [5.41, 5.74) is 3.57. The molecule has 4 saturated heterocycles. The van der Waals surface area contributed by atoms with Gasteiger partial charge in [0.25, 0.3) is 11.8 Å². The van der Waals surface area contributed by atoms with Crippen LogP contribution in [0.1, 0.15) is 128 Å². The Hall–Kier alpha value is -8.43. The number of ether oxygens (including phenoxy) is 2. The zero-order valence-corrected chi connectivity index (χ0v) is 55.3. The van der Waals surface area contributed by atoms with E-state index in [-0.39, 0.29) is 67.8 Å². The molecule has 10 amide bonds. The number of aromatic nitrogens is 1. The van der Waals surface area contributed by atoms with E-state index in [2.05, 4.69) is 21.3 Å². The van der Waals surface area contributed by atoms with Crippen LogP contribution >= 0.6 is 0 Å². The first kappa shape index (κ1) is 71.6. The van der Waals surface area contributed by atoms with Crippen LogP contribution in [-0.4, -0.2) is 220 Å². The second-order valence-corrected chi connectivity index (χ2v) is 25.5. The van der Waals surface area contributed by atoms with Gasteiger partial charge in [0.1, 0.15) is 71.8 Å². The molecule has 0 spiro atoms. The van der Waals surface area contributed by atoms with Crippen molar-refractivity contribution in [1.29, 1.82) is 0 Å². The predicted molar refractivity (Wildman–Crippen MR) is 327 cm³/mol. The number of nitrogens with one attached hydrogen (secondary N) is 4. The van der Waals surface area contributed by atoms with Crippen LogP contribution in [0.3, 0.4) is 0 Å². The Morgan fingerprint density at radius 2 is 1.04 bits per heavy atom. The molecular weight excluding hydrogens is 1200 g/mol. The fraction of sp³-hybridized carbons (Fsp3) is 0.613. The van der Waals surface area contributed by atoms with E-state index >= 15 is 9.59 Å². The van der Waals surface area contributed by atoms with Crippen molar-refractivity contribution in [3.8, 4) is 11.5 Å². The first-order valence-electron chi connectivity index (χ1n) is 30.5. The second-order valence-electron chi connectivity index (χ2n) is 25.5. The molecule has 28 nitrogen and oxygen atoms in total. The number of nitrogen functional groups attached to an aromatic ring is 1. The quantitative estimate of drug-likeness (QED) is 0.0911. The van der Waals surface area contributed by atoms with Gasteiger partial charge in [-0.15, -0.1) is 0 Å². The van der Waals surface area contributed by atoms with E-state index < -0.39 is 191 Å². The van der Waals surface area contributed by atoms with E-state index in [0.717, 1.165) is 9.80 Å². The van der Waals surface area contributed by atoms with Gasteiger partial charge in [-0.25, -0.2) is 14.6 Å². The van der Waals surface area contributed by atoms with Crippen LogP contribution in [0.15, 0.2) is 21.3 Å². The first-order valence-corrected chi connectivity index (χ1v) is 30.5. The number of aryl methyl sites for hydroxylation is 1. The molecule has 1 aliphatic carbocycles. The molecule has 10 atom stereocenters. The molecule has 0 saturated carbocycles. The first-order chi connectivity index (χ1) is 42.1. The lowest BCUT2D eigenvalue weighted by atomic mass is 9.98. The van der Waals surface area contributed by atoms with Crippen LogP contribution in [0, 0.1) is 37.5 Å². The Morgan fingerprint density at radius 1 is 0.626 bits per heavy atom. The van der Waals surface area contributed by atoms with Crippen molar-refractivity contribution in [2.24, 2.45) is 23.7 Å². The maximum absolute atomic E-state index is 15.2. The number of hydrogen-bond donors (Lipinski definition) is 5. The normalized spacial score (nSPS) is 25.9. The maximum Gasteiger partial charge on any atom is 1.00 e. The van der Waals surface area contributed by atoms with Crippen LogP contribution in [0.5, 0.6) is 0 Å². The summed E-state index contributed by atoms with van der Waals surface area (Å²) in [5, 5.41) is 10.7. The number of nitrogens with two attached hydrogens (primary N) is 1. The number of nitrogens with zero attached hydrogens (tertiary/aromatic N) is 7. The Kier molecular flexibility index (Phi) is 22.7. The monoisotopic (exact) mass is 1290 g/mol. The maximum atomic E-state index is 15.2. The smallest absolute Gasteiger partial charge is 1.00 e. The van der Waals surface area contributed by atoms with Gasteiger partial charge in [0.05, 0.1) is 29.9 Å². The highest BCUT2D eigenvalue weighted by molar-refractivity contribution is 6.10. The minimum absolute atomic E-state index is 0.